The van der Waals surface area contributed by atoms with Gasteiger partial charge in [0.25, 0.3) is 0 Å². The maximum Gasteiger partial charge on any atom is 0.239 e. The van der Waals surface area contributed by atoms with E-state index in [4.69, 9.17) is 4.74 Å². The summed E-state index contributed by atoms with van der Waals surface area (Å²) >= 11 is 1.38. The van der Waals surface area contributed by atoms with Crippen LogP contribution >= 0.6 is 11.8 Å². The van der Waals surface area contributed by atoms with Gasteiger partial charge in [-0.2, -0.15) is 0 Å². The Morgan fingerprint density at radius 2 is 2.13 bits per heavy atom. The van der Waals surface area contributed by atoms with Gasteiger partial charge in [-0.25, -0.2) is 9.37 Å². The summed E-state index contributed by atoms with van der Waals surface area (Å²) in [5.41, 5.74) is 2.22. The molecule has 6 heteroatoms. The number of hydrogen-bond donors (Lipinski definition) is 0. The van der Waals surface area contributed by atoms with Crippen molar-refractivity contribution < 1.29 is 13.9 Å². The standard InChI is InChI=1S/C17H17FN2O2S/c1-10-7-11(2)19-14(8-10)20-15(21)9-23-17(20)16-12(18)5-4-6-13(16)22-3/h4-8,17H,9H2,1-3H3. The highest BCUT2D eigenvalue weighted by Gasteiger charge is 2.38. The number of anilines is 1. The Balaban J connectivity index is 2.11. The predicted molar refractivity (Wildman–Crippen MR) is 89.3 cm³/mol. The van der Waals surface area contributed by atoms with Gasteiger partial charge in [-0.3, -0.25) is 9.69 Å². The molecule has 0 radical (unpaired) electrons. The van der Waals surface area contributed by atoms with Gasteiger partial charge in [0.15, 0.2) is 0 Å². The molecule has 1 aliphatic heterocycles. The molecule has 4 nitrogen and oxygen atoms in total. The van der Waals surface area contributed by atoms with Crippen LogP contribution in [0, 0.1) is 19.7 Å². The molecule has 3 rings (SSSR count). The zero-order chi connectivity index (χ0) is 16.6. The third kappa shape index (κ3) is 2.91. The van der Waals surface area contributed by atoms with Gasteiger partial charge in [0, 0.05) is 5.69 Å². The van der Waals surface area contributed by atoms with E-state index in [9.17, 15) is 9.18 Å². The molecule has 0 spiro atoms. The van der Waals surface area contributed by atoms with Crippen molar-refractivity contribution in [2.75, 3.05) is 17.8 Å². The van der Waals surface area contributed by atoms with E-state index in [1.54, 1.807) is 17.0 Å². The van der Waals surface area contributed by atoms with Crippen molar-refractivity contribution in [1.82, 2.24) is 4.98 Å². The van der Waals surface area contributed by atoms with Gasteiger partial charge in [0.05, 0.1) is 18.4 Å². The molecule has 23 heavy (non-hydrogen) atoms. The summed E-state index contributed by atoms with van der Waals surface area (Å²) in [6.45, 7) is 3.83. The number of halogens is 1. The smallest absolute Gasteiger partial charge is 0.239 e. The first-order valence-corrected chi connectivity index (χ1v) is 8.27. The maximum atomic E-state index is 14.4. The molecule has 120 valence electrons. The topological polar surface area (TPSA) is 42.4 Å². The van der Waals surface area contributed by atoms with Crippen LogP contribution < -0.4 is 9.64 Å². The Morgan fingerprint density at radius 1 is 1.35 bits per heavy atom. The number of hydrogen-bond acceptors (Lipinski definition) is 4. The molecule has 0 saturated carbocycles. The lowest BCUT2D eigenvalue weighted by Crippen LogP contribution is -2.29. The summed E-state index contributed by atoms with van der Waals surface area (Å²) in [6.07, 6.45) is 0. The Kier molecular flexibility index (Phi) is 4.26. The SMILES string of the molecule is COc1cccc(F)c1C1SCC(=O)N1c1cc(C)cc(C)n1. The van der Waals surface area contributed by atoms with Gasteiger partial charge < -0.3 is 4.74 Å². The quantitative estimate of drug-likeness (QED) is 0.861. The summed E-state index contributed by atoms with van der Waals surface area (Å²) in [4.78, 5) is 18.4. The Bertz CT molecular complexity index is 746. The van der Waals surface area contributed by atoms with Crippen molar-refractivity contribution in [2.45, 2.75) is 19.2 Å². The highest BCUT2D eigenvalue weighted by molar-refractivity contribution is 8.00. The van der Waals surface area contributed by atoms with Crippen molar-refractivity contribution in [1.29, 1.82) is 0 Å². The average Bonchev–Trinajstić information content (AvgIpc) is 2.87. The number of rotatable bonds is 3. The second kappa shape index (κ2) is 6.20. The van der Waals surface area contributed by atoms with E-state index in [0.717, 1.165) is 11.3 Å². The van der Waals surface area contributed by atoms with Gasteiger partial charge in [-0.15, -0.1) is 11.8 Å². The molecule has 1 atom stereocenters. The number of pyridine rings is 1. The predicted octanol–water partition coefficient (Wildman–Crippen LogP) is 3.62. The minimum Gasteiger partial charge on any atom is -0.496 e. The first-order chi connectivity index (χ1) is 11.0. The van der Waals surface area contributed by atoms with E-state index in [1.807, 2.05) is 26.0 Å². The first kappa shape index (κ1) is 15.8. The van der Waals surface area contributed by atoms with Gasteiger partial charge >= 0.3 is 0 Å². The summed E-state index contributed by atoms with van der Waals surface area (Å²) in [5.74, 6) is 0.810. The van der Waals surface area contributed by atoms with Crippen LogP contribution in [0.5, 0.6) is 5.75 Å². The van der Waals surface area contributed by atoms with Gasteiger partial charge in [-0.1, -0.05) is 6.07 Å². The van der Waals surface area contributed by atoms with Crippen molar-refractivity contribution in [3.8, 4) is 5.75 Å². The molecule has 1 unspecified atom stereocenters. The molecule has 0 bridgehead atoms. The Morgan fingerprint density at radius 3 is 2.83 bits per heavy atom. The van der Waals surface area contributed by atoms with Crippen molar-refractivity contribution >= 4 is 23.5 Å². The van der Waals surface area contributed by atoms with Gasteiger partial charge in [0.1, 0.15) is 22.8 Å². The Labute approximate surface area is 138 Å². The lowest BCUT2D eigenvalue weighted by Gasteiger charge is -2.25. The first-order valence-electron chi connectivity index (χ1n) is 7.22. The summed E-state index contributed by atoms with van der Waals surface area (Å²) in [5, 5.41) is -0.479. The van der Waals surface area contributed by atoms with Crippen molar-refractivity contribution in [3.63, 3.8) is 0 Å². The second-order valence-corrected chi connectivity index (χ2v) is 6.50. The number of nitrogens with zero attached hydrogens (tertiary/aromatic N) is 2. The number of carbonyl (C=O) groups is 1. The number of carbonyl (C=O) groups excluding carboxylic acids is 1. The summed E-state index contributed by atoms with van der Waals surface area (Å²) in [7, 11) is 1.50. The van der Waals surface area contributed by atoms with E-state index in [-0.39, 0.29) is 17.5 Å². The molecule has 1 aromatic heterocycles. The molecular weight excluding hydrogens is 315 g/mol. The van der Waals surface area contributed by atoms with Gasteiger partial charge in [0.2, 0.25) is 5.91 Å². The fraction of sp³-hybridized carbons (Fsp3) is 0.294. The third-order valence-corrected chi connectivity index (χ3v) is 4.85. The third-order valence-electron chi connectivity index (χ3n) is 3.68. The highest BCUT2D eigenvalue weighted by Crippen LogP contribution is 2.45. The van der Waals surface area contributed by atoms with E-state index < -0.39 is 5.37 Å². The minimum absolute atomic E-state index is 0.0807. The summed E-state index contributed by atoms with van der Waals surface area (Å²) in [6, 6.07) is 8.47. The second-order valence-electron chi connectivity index (χ2n) is 5.43. The molecule has 0 aliphatic carbocycles. The maximum absolute atomic E-state index is 14.4. The fourth-order valence-electron chi connectivity index (χ4n) is 2.76. The minimum atomic E-state index is -0.479. The van der Waals surface area contributed by atoms with Crippen LogP contribution in [0.2, 0.25) is 0 Å². The monoisotopic (exact) mass is 332 g/mol. The van der Waals surface area contributed by atoms with E-state index >= 15 is 0 Å². The molecule has 1 fully saturated rings. The van der Waals surface area contributed by atoms with Crippen LogP contribution in [0.1, 0.15) is 22.2 Å². The van der Waals surface area contributed by atoms with Crippen LogP contribution in [0.4, 0.5) is 10.2 Å². The highest BCUT2D eigenvalue weighted by atomic mass is 32.2. The largest absolute Gasteiger partial charge is 0.496 e. The number of amides is 1. The van der Waals surface area contributed by atoms with Crippen LogP contribution in [-0.4, -0.2) is 23.8 Å². The summed E-state index contributed by atoms with van der Waals surface area (Å²) < 4.78 is 19.7. The fourth-order valence-corrected chi connectivity index (χ4v) is 3.97. The van der Waals surface area contributed by atoms with E-state index in [2.05, 4.69) is 4.98 Å². The zero-order valence-corrected chi connectivity index (χ0v) is 14.0. The lowest BCUT2D eigenvalue weighted by molar-refractivity contribution is -0.115. The number of benzene rings is 1. The van der Waals surface area contributed by atoms with Crippen molar-refractivity contribution in [2.24, 2.45) is 0 Å². The average molecular weight is 332 g/mol. The van der Waals surface area contributed by atoms with Crippen LogP contribution in [0.25, 0.3) is 0 Å². The number of methoxy groups -OCH3 is 1. The Hall–Kier alpha value is -2.08. The van der Waals surface area contributed by atoms with Crippen LogP contribution in [0.15, 0.2) is 30.3 Å². The normalized spacial score (nSPS) is 17.7. The molecular formula is C17H17FN2O2S. The lowest BCUT2D eigenvalue weighted by atomic mass is 10.1. The molecule has 1 aliphatic rings. The number of aromatic nitrogens is 1. The number of aryl methyl sites for hydroxylation is 2. The van der Waals surface area contributed by atoms with Crippen LogP contribution in [0.3, 0.4) is 0 Å². The molecule has 1 aromatic carbocycles. The van der Waals surface area contributed by atoms with Crippen LogP contribution in [-0.2, 0) is 4.79 Å². The number of ether oxygens (including phenoxy) is 1. The molecule has 2 heterocycles. The van der Waals surface area contributed by atoms with Gasteiger partial charge in [-0.05, 0) is 43.7 Å². The molecule has 1 amide bonds. The van der Waals surface area contributed by atoms with Crippen molar-refractivity contribution in [3.05, 3.63) is 53.0 Å². The van der Waals surface area contributed by atoms with E-state index in [1.165, 1.54) is 24.9 Å². The van der Waals surface area contributed by atoms with E-state index in [0.29, 0.717) is 17.1 Å². The number of thioether (sulfide) groups is 1. The zero-order valence-electron chi connectivity index (χ0n) is 13.2. The molecule has 1 saturated heterocycles. The molecule has 2 aromatic rings. The molecule has 0 N–H and O–H groups in total.